The van der Waals surface area contributed by atoms with Crippen molar-refractivity contribution < 1.29 is 9.90 Å². The number of carboxylic acids is 1. The number of carboxylic acid groups (broad SMARTS) is 1. The van der Waals surface area contributed by atoms with Gasteiger partial charge in [-0.15, -0.1) is 0 Å². The molecule has 1 aliphatic rings. The lowest BCUT2D eigenvalue weighted by molar-refractivity contribution is 0.0695. The number of hydrogen-bond acceptors (Lipinski definition) is 2. The number of fused-ring (bicyclic) bond motifs is 1. The molecule has 2 rings (SSSR count). The second kappa shape index (κ2) is 4.26. The Labute approximate surface area is 95.7 Å². The average molecular weight is 219 g/mol. The van der Waals surface area contributed by atoms with Gasteiger partial charge in [-0.2, -0.15) is 0 Å². The highest BCUT2D eigenvalue weighted by molar-refractivity contribution is 5.90. The number of hydrogen-bond donors (Lipinski definition) is 1. The highest BCUT2D eigenvalue weighted by atomic mass is 16.4. The van der Waals surface area contributed by atoms with Crippen molar-refractivity contribution >= 4 is 5.97 Å². The normalized spacial score (nSPS) is 19.6. The summed E-state index contributed by atoms with van der Waals surface area (Å²) in [7, 11) is 4.10. The molecule has 0 radical (unpaired) electrons. The summed E-state index contributed by atoms with van der Waals surface area (Å²) in [5.74, 6) is -0.809. The highest BCUT2D eigenvalue weighted by Gasteiger charge is 2.25. The van der Waals surface area contributed by atoms with E-state index in [1.807, 2.05) is 20.2 Å². The van der Waals surface area contributed by atoms with E-state index in [1.165, 1.54) is 5.56 Å². The van der Waals surface area contributed by atoms with Crippen LogP contribution in [0, 0.1) is 0 Å². The molecule has 3 nitrogen and oxygen atoms in total. The molecule has 0 fully saturated rings. The Morgan fingerprint density at radius 3 is 2.81 bits per heavy atom. The predicted molar refractivity (Wildman–Crippen MR) is 62.8 cm³/mol. The summed E-state index contributed by atoms with van der Waals surface area (Å²) in [6.07, 6.45) is 3.07. The molecule has 1 aromatic rings. The fourth-order valence-electron chi connectivity index (χ4n) is 2.56. The maximum Gasteiger partial charge on any atom is 0.335 e. The van der Waals surface area contributed by atoms with Crippen LogP contribution in [0.4, 0.5) is 0 Å². The van der Waals surface area contributed by atoms with Gasteiger partial charge in [-0.1, -0.05) is 12.1 Å². The zero-order valence-electron chi connectivity index (χ0n) is 9.73. The first-order chi connectivity index (χ1) is 7.61. The Bertz CT molecular complexity index is 412. The van der Waals surface area contributed by atoms with Crippen molar-refractivity contribution in [1.29, 1.82) is 0 Å². The summed E-state index contributed by atoms with van der Waals surface area (Å²) in [5, 5.41) is 9.15. The topological polar surface area (TPSA) is 40.5 Å². The van der Waals surface area contributed by atoms with Gasteiger partial charge in [-0.05, 0) is 50.6 Å². The fourth-order valence-corrected chi connectivity index (χ4v) is 2.56. The molecule has 0 heterocycles. The molecule has 1 N–H and O–H groups in total. The van der Waals surface area contributed by atoms with Gasteiger partial charge in [0.15, 0.2) is 0 Å². The standard InChI is InChI=1S/C13H17NO2/c1-14(2)12-8-4-5-9-10(12)6-3-7-11(9)13(15)16/h3,6-7,12H,4-5,8H2,1-2H3,(H,15,16). The van der Waals surface area contributed by atoms with Crippen molar-refractivity contribution in [2.24, 2.45) is 0 Å². The summed E-state index contributed by atoms with van der Waals surface area (Å²) in [6.45, 7) is 0. The minimum atomic E-state index is -0.809. The van der Waals surface area contributed by atoms with E-state index < -0.39 is 5.97 Å². The van der Waals surface area contributed by atoms with Crippen molar-refractivity contribution in [3.63, 3.8) is 0 Å². The number of aromatic carboxylic acids is 1. The SMILES string of the molecule is CN(C)C1CCCc2c(C(=O)O)cccc21. The first kappa shape index (κ1) is 11.1. The Hall–Kier alpha value is -1.35. The van der Waals surface area contributed by atoms with Gasteiger partial charge in [0.25, 0.3) is 0 Å². The molecule has 0 amide bonds. The van der Waals surface area contributed by atoms with Crippen LogP contribution in [0.25, 0.3) is 0 Å². The zero-order chi connectivity index (χ0) is 11.7. The maximum atomic E-state index is 11.1. The van der Waals surface area contributed by atoms with Crippen LogP contribution in [-0.4, -0.2) is 30.1 Å². The van der Waals surface area contributed by atoms with E-state index in [9.17, 15) is 4.79 Å². The van der Waals surface area contributed by atoms with Crippen molar-refractivity contribution in [1.82, 2.24) is 4.90 Å². The van der Waals surface area contributed by atoms with Crippen LogP contribution >= 0.6 is 0 Å². The van der Waals surface area contributed by atoms with Crippen LogP contribution < -0.4 is 0 Å². The van der Waals surface area contributed by atoms with Crippen LogP contribution in [-0.2, 0) is 6.42 Å². The van der Waals surface area contributed by atoms with Crippen LogP contribution in [0.15, 0.2) is 18.2 Å². The van der Waals surface area contributed by atoms with E-state index in [4.69, 9.17) is 5.11 Å². The number of carbonyl (C=O) groups is 1. The largest absolute Gasteiger partial charge is 0.478 e. The molecule has 0 aromatic heterocycles. The van der Waals surface area contributed by atoms with Gasteiger partial charge in [0.1, 0.15) is 0 Å². The molecule has 3 heteroatoms. The van der Waals surface area contributed by atoms with Crippen molar-refractivity contribution in [2.45, 2.75) is 25.3 Å². The van der Waals surface area contributed by atoms with Crippen molar-refractivity contribution in [3.8, 4) is 0 Å². The van der Waals surface area contributed by atoms with Crippen LogP contribution in [0.2, 0.25) is 0 Å². The third-order valence-corrected chi connectivity index (χ3v) is 3.33. The summed E-state index contributed by atoms with van der Waals surface area (Å²) >= 11 is 0. The summed E-state index contributed by atoms with van der Waals surface area (Å²) < 4.78 is 0. The van der Waals surface area contributed by atoms with Gasteiger partial charge in [0.2, 0.25) is 0 Å². The van der Waals surface area contributed by atoms with E-state index in [-0.39, 0.29) is 0 Å². The molecular formula is C13H17NO2. The summed E-state index contributed by atoms with van der Waals surface area (Å²) in [5.41, 5.74) is 2.69. The molecule has 0 saturated heterocycles. The molecule has 0 aliphatic heterocycles. The second-order valence-corrected chi connectivity index (χ2v) is 4.55. The van der Waals surface area contributed by atoms with Gasteiger partial charge in [-0.3, -0.25) is 0 Å². The molecule has 0 bridgehead atoms. The van der Waals surface area contributed by atoms with Gasteiger partial charge < -0.3 is 10.0 Å². The molecule has 1 aliphatic carbocycles. The molecular weight excluding hydrogens is 202 g/mol. The van der Waals surface area contributed by atoms with Crippen LogP contribution in [0.5, 0.6) is 0 Å². The van der Waals surface area contributed by atoms with E-state index in [1.54, 1.807) is 6.07 Å². The number of benzene rings is 1. The fraction of sp³-hybridized carbons (Fsp3) is 0.462. The van der Waals surface area contributed by atoms with Gasteiger partial charge in [0, 0.05) is 6.04 Å². The van der Waals surface area contributed by atoms with E-state index >= 15 is 0 Å². The molecule has 86 valence electrons. The Morgan fingerprint density at radius 2 is 2.19 bits per heavy atom. The first-order valence-electron chi connectivity index (χ1n) is 5.62. The zero-order valence-corrected chi connectivity index (χ0v) is 9.73. The van der Waals surface area contributed by atoms with Crippen LogP contribution in [0.3, 0.4) is 0 Å². The lowest BCUT2D eigenvalue weighted by Gasteiger charge is -2.31. The van der Waals surface area contributed by atoms with Gasteiger partial charge in [-0.25, -0.2) is 4.79 Å². The molecule has 0 spiro atoms. The molecule has 1 atom stereocenters. The molecule has 1 aromatic carbocycles. The summed E-state index contributed by atoms with van der Waals surface area (Å²) in [6, 6.07) is 5.98. The maximum absolute atomic E-state index is 11.1. The molecule has 16 heavy (non-hydrogen) atoms. The second-order valence-electron chi connectivity index (χ2n) is 4.55. The van der Waals surface area contributed by atoms with Gasteiger partial charge in [0.05, 0.1) is 5.56 Å². The lowest BCUT2D eigenvalue weighted by atomic mass is 9.84. The lowest BCUT2D eigenvalue weighted by Crippen LogP contribution is -2.25. The van der Waals surface area contributed by atoms with Gasteiger partial charge >= 0.3 is 5.97 Å². The number of nitrogens with zero attached hydrogens (tertiary/aromatic N) is 1. The third-order valence-electron chi connectivity index (χ3n) is 3.33. The van der Waals surface area contributed by atoms with Crippen LogP contribution in [0.1, 0.15) is 40.4 Å². The van der Waals surface area contributed by atoms with E-state index in [0.717, 1.165) is 24.8 Å². The Kier molecular flexibility index (Phi) is 2.97. The monoisotopic (exact) mass is 219 g/mol. The van der Waals surface area contributed by atoms with E-state index in [0.29, 0.717) is 11.6 Å². The third kappa shape index (κ3) is 1.83. The smallest absolute Gasteiger partial charge is 0.335 e. The van der Waals surface area contributed by atoms with Crippen molar-refractivity contribution in [2.75, 3.05) is 14.1 Å². The minimum absolute atomic E-state index is 0.364. The van der Waals surface area contributed by atoms with E-state index in [2.05, 4.69) is 11.0 Å². The summed E-state index contributed by atoms with van der Waals surface area (Å²) in [4.78, 5) is 13.3. The molecule has 0 saturated carbocycles. The minimum Gasteiger partial charge on any atom is -0.478 e. The quantitative estimate of drug-likeness (QED) is 0.829. The van der Waals surface area contributed by atoms with Crippen molar-refractivity contribution in [3.05, 3.63) is 34.9 Å². The Balaban J connectivity index is 2.50. The average Bonchev–Trinajstić information content (AvgIpc) is 2.27. The highest BCUT2D eigenvalue weighted by Crippen LogP contribution is 2.34. The first-order valence-corrected chi connectivity index (χ1v) is 5.62. The Morgan fingerprint density at radius 1 is 1.44 bits per heavy atom. The molecule has 1 unspecified atom stereocenters. The predicted octanol–water partition coefficient (Wildman–Crippen LogP) is 2.32. The number of rotatable bonds is 2.